The Bertz CT molecular complexity index is 955. The van der Waals surface area contributed by atoms with E-state index in [1.54, 1.807) is 17.1 Å². The van der Waals surface area contributed by atoms with Gasteiger partial charge in [-0.1, -0.05) is 26.7 Å². The van der Waals surface area contributed by atoms with Crippen LogP contribution in [0, 0.1) is 11.3 Å². The summed E-state index contributed by atoms with van der Waals surface area (Å²) < 4.78 is 0.989. The van der Waals surface area contributed by atoms with E-state index >= 15 is 0 Å². The number of rotatable bonds is 9. The van der Waals surface area contributed by atoms with Gasteiger partial charge in [0.2, 0.25) is 5.91 Å². The van der Waals surface area contributed by atoms with Crippen molar-refractivity contribution in [3.63, 3.8) is 0 Å². The summed E-state index contributed by atoms with van der Waals surface area (Å²) in [7, 11) is 0. The number of fused-ring (bicyclic) bond motifs is 1. The van der Waals surface area contributed by atoms with Crippen LogP contribution in [0.3, 0.4) is 0 Å². The molecule has 1 fully saturated rings. The zero-order chi connectivity index (χ0) is 23.1. The minimum Gasteiger partial charge on any atom is -0.337 e. The van der Waals surface area contributed by atoms with Crippen LogP contribution in [0.25, 0.3) is 10.2 Å². The molecular formula is C22H31N5O4S. The summed E-state index contributed by atoms with van der Waals surface area (Å²) in [6.07, 6.45) is 4.54. The Hall–Kier alpha value is -2.72. The van der Waals surface area contributed by atoms with Crippen LogP contribution < -0.4 is 16.1 Å². The van der Waals surface area contributed by atoms with E-state index in [9.17, 15) is 14.4 Å². The molecule has 4 N–H and O–H groups in total. The van der Waals surface area contributed by atoms with E-state index in [-0.39, 0.29) is 31.4 Å². The summed E-state index contributed by atoms with van der Waals surface area (Å²) in [5, 5.41) is 14.5. The SMILES string of the molecule is CC(C)(CNC(=O)Nc1ccc2ncsc2c1)CC(=O)N(CC(=O)NO)CC1CCCC1. The lowest BCUT2D eigenvalue weighted by Gasteiger charge is -2.30. The van der Waals surface area contributed by atoms with Gasteiger partial charge in [0.25, 0.3) is 5.91 Å². The molecule has 0 atom stereocenters. The van der Waals surface area contributed by atoms with E-state index in [1.807, 2.05) is 26.0 Å². The number of aromatic nitrogens is 1. The Morgan fingerprint density at radius 1 is 1.25 bits per heavy atom. The van der Waals surface area contributed by atoms with Crippen molar-refractivity contribution < 1.29 is 19.6 Å². The number of hydrogen-bond acceptors (Lipinski definition) is 6. The van der Waals surface area contributed by atoms with Crippen LogP contribution in [0.15, 0.2) is 23.7 Å². The minimum atomic E-state index is -0.607. The molecule has 10 heteroatoms. The van der Waals surface area contributed by atoms with Crippen molar-refractivity contribution in [1.29, 1.82) is 0 Å². The van der Waals surface area contributed by atoms with Crippen molar-refractivity contribution in [3.8, 4) is 0 Å². The van der Waals surface area contributed by atoms with Crippen molar-refractivity contribution in [2.24, 2.45) is 11.3 Å². The lowest BCUT2D eigenvalue weighted by atomic mass is 9.88. The highest BCUT2D eigenvalue weighted by molar-refractivity contribution is 7.16. The van der Waals surface area contributed by atoms with Gasteiger partial charge in [0, 0.05) is 25.2 Å². The largest absolute Gasteiger partial charge is 0.337 e. The van der Waals surface area contributed by atoms with Crippen LogP contribution in [0.1, 0.15) is 46.0 Å². The Morgan fingerprint density at radius 2 is 2.00 bits per heavy atom. The molecular weight excluding hydrogens is 430 g/mol. The summed E-state index contributed by atoms with van der Waals surface area (Å²) in [4.78, 5) is 42.8. The van der Waals surface area contributed by atoms with Gasteiger partial charge in [-0.2, -0.15) is 0 Å². The second-order valence-electron chi connectivity index (χ2n) is 9.14. The molecule has 1 aliphatic carbocycles. The third-order valence-corrected chi connectivity index (χ3v) is 6.50. The van der Waals surface area contributed by atoms with Crippen LogP contribution in [0.5, 0.6) is 0 Å². The molecule has 9 nitrogen and oxygen atoms in total. The van der Waals surface area contributed by atoms with Crippen LogP contribution >= 0.6 is 11.3 Å². The first-order valence-corrected chi connectivity index (χ1v) is 11.7. The minimum absolute atomic E-state index is 0.164. The summed E-state index contributed by atoms with van der Waals surface area (Å²) in [5.41, 5.74) is 4.41. The maximum Gasteiger partial charge on any atom is 0.319 e. The first kappa shape index (κ1) is 23.9. The fourth-order valence-electron chi connectivity index (χ4n) is 3.98. The highest BCUT2D eigenvalue weighted by Crippen LogP contribution is 2.27. The van der Waals surface area contributed by atoms with Gasteiger partial charge in [0.05, 0.1) is 15.7 Å². The predicted octanol–water partition coefficient (Wildman–Crippen LogP) is 3.36. The van der Waals surface area contributed by atoms with Gasteiger partial charge < -0.3 is 15.5 Å². The van der Waals surface area contributed by atoms with Gasteiger partial charge in [0.15, 0.2) is 0 Å². The van der Waals surface area contributed by atoms with E-state index in [0.717, 1.165) is 35.9 Å². The smallest absolute Gasteiger partial charge is 0.319 e. The molecule has 0 saturated heterocycles. The fourth-order valence-corrected chi connectivity index (χ4v) is 4.70. The van der Waals surface area contributed by atoms with Gasteiger partial charge in [-0.05, 0) is 42.4 Å². The fraction of sp³-hybridized carbons (Fsp3) is 0.545. The van der Waals surface area contributed by atoms with Crippen LogP contribution in [0.2, 0.25) is 0 Å². The van der Waals surface area contributed by atoms with E-state index in [0.29, 0.717) is 18.2 Å². The molecule has 1 aromatic heterocycles. The van der Waals surface area contributed by atoms with Gasteiger partial charge in [-0.3, -0.25) is 14.8 Å². The van der Waals surface area contributed by atoms with Crippen molar-refractivity contribution in [2.45, 2.75) is 46.0 Å². The van der Waals surface area contributed by atoms with E-state index in [1.165, 1.54) is 16.2 Å². The molecule has 1 heterocycles. The molecule has 0 radical (unpaired) electrons. The Morgan fingerprint density at radius 3 is 2.72 bits per heavy atom. The number of nitrogens with zero attached hydrogens (tertiary/aromatic N) is 2. The molecule has 1 saturated carbocycles. The molecule has 4 amide bonds. The number of urea groups is 1. The first-order chi connectivity index (χ1) is 15.3. The summed E-state index contributed by atoms with van der Waals surface area (Å²) >= 11 is 1.50. The molecule has 0 aliphatic heterocycles. The summed E-state index contributed by atoms with van der Waals surface area (Å²) in [6, 6.07) is 5.17. The maximum atomic E-state index is 13.0. The number of carbonyl (C=O) groups is 3. The zero-order valence-corrected chi connectivity index (χ0v) is 19.3. The molecule has 1 aromatic carbocycles. The lowest BCUT2D eigenvalue weighted by molar-refractivity contribution is -0.141. The van der Waals surface area contributed by atoms with Crippen LogP contribution in [-0.4, -0.2) is 52.6 Å². The van der Waals surface area contributed by atoms with Crippen LogP contribution in [0.4, 0.5) is 10.5 Å². The highest BCUT2D eigenvalue weighted by atomic mass is 32.1. The number of carbonyl (C=O) groups excluding carboxylic acids is 3. The van der Waals surface area contributed by atoms with E-state index in [2.05, 4.69) is 15.6 Å². The van der Waals surface area contributed by atoms with E-state index < -0.39 is 11.3 Å². The molecule has 1 aliphatic rings. The molecule has 0 bridgehead atoms. The van der Waals surface area contributed by atoms with Crippen molar-refractivity contribution >= 4 is 45.1 Å². The Labute approximate surface area is 191 Å². The maximum absolute atomic E-state index is 13.0. The quantitative estimate of drug-likeness (QED) is 0.337. The van der Waals surface area contributed by atoms with Gasteiger partial charge in [0.1, 0.15) is 6.54 Å². The number of hydrogen-bond donors (Lipinski definition) is 4. The molecule has 0 unspecified atom stereocenters. The molecule has 174 valence electrons. The monoisotopic (exact) mass is 461 g/mol. The Kier molecular flexibility index (Phi) is 8.03. The molecule has 3 rings (SSSR count). The molecule has 2 aromatic rings. The number of anilines is 1. The standard InChI is InChI=1S/C22H31N5O4S/c1-22(2,10-20(29)27(12-19(28)26-31)11-15-5-3-4-6-15)13-23-21(30)25-16-7-8-17-18(9-16)32-14-24-17/h7-9,14-15,31H,3-6,10-13H2,1-2H3,(H,26,28)(H2,23,25,30). The average molecular weight is 462 g/mol. The van der Waals surface area contributed by atoms with Gasteiger partial charge >= 0.3 is 6.03 Å². The second kappa shape index (κ2) is 10.7. The van der Waals surface area contributed by atoms with Crippen molar-refractivity contribution in [3.05, 3.63) is 23.7 Å². The topological polar surface area (TPSA) is 124 Å². The molecule has 0 spiro atoms. The van der Waals surface area contributed by atoms with Crippen molar-refractivity contribution in [1.82, 2.24) is 20.7 Å². The normalized spacial score (nSPS) is 14.3. The van der Waals surface area contributed by atoms with Gasteiger partial charge in [-0.15, -0.1) is 11.3 Å². The zero-order valence-electron chi connectivity index (χ0n) is 18.5. The lowest BCUT2D eigenvalue weighted by Crippen LogP contribution is -2.45. The average Bonchev–Trinajstić information content (AvgIpc) is 3.43. The summed E-state index contributed by atoms with van der Waals surface area (Å²) in [6.45, 7) is 4.42. The van der Waals surface area contributed by atoms with E-state index in [4.69, 9.17) is 5.21 Å². The van der Waals surface area contributed by atoms with Crippen molar-refractivity contribution in [2.75, 3.05) is 25.0 Å². The van der Waals surface area contributed by atoms with Gasteiger partial charge in [-0.25, -0.2) is 15.3 Å². The number of nitrogens with one attached hydrogen (secondary N) is 3. The number of thiazole rings is 1. The molecule has 32 heavy (non-hydrogen) atoms. The number of benzene rings is 1. The first-order valence-electron chi connectivity index (χ1n) is 10.8. The Balaban J connectivity index is 1.52. The third-order valence-electron chi connectivity index (χ3n) is 5.71. The number of amides is 4. The highest BCUT2D eigenvalue weighted by Gasteiger charge is 2.29. The van der Waals surface area contributed by atoms with Crippen LogP contribution in [-0.2, 0) is 9.59 Å². The second-order valence-corrected chi connectivity index (χ2v) is 10.0. The summed E-state index contributed by atoms with van der Waals surface area (Å²) in [5.74, 6) is -0.388. The third kappa shape index (κ3) is 6.89. The predicted molar refractivity (Wildman–Crippen MR) is 124 cm³/mol. The number of hydroxylamine groups is 1.